The molecule has 0 spiro atoms. The van der Waals surface area contributed by atoms with E-state index in [9.17, 15) is 9.59 Å². The van der Waals surface area contributed by atoms with E-state index in [2.05, 4.69) is 0 Å². The van der Waals surface area contributed by atoms with Crippen LogP contribution in [0.15, 0.2) is 41.8 Å². The topological polar surface area (TPSA) is 66.8 Å². The Kier molecular flexibility index (Phi) is 4.94. The van der Waals surface area contributed by atoms with E-state index in [-0.39, 0.29) is 17.4 Å². The highest BCUT2D eigenvalue weighted by Crippen LogP contribution is 2.22. The number of nitrogens with zero attached hydrogens (tertiary/aromatic N) is 1. The summed E-state index contributed by atoms with van der Waals surface area (Å²) >= 11 is 1.07. The maximum atomic E-state index is 12.2. The molecule has 0 bridgehead atoms. The van der Waals surface area contributed by atoms with Gasteiger partial charge in [0.15, 0.2) is 6.61 Å². The molecule has 2 rings (SSSR count). The van der Waals surface area contributed by atoms with Crippen LogP contribution < -0.4 is 9.64 Å². The van der Waals surface area contributed by atoms with Gasteiger partial charge in [0, 0.05) is 23.7 Å². The van der Waals surface area contributed by atoms with Crippen molar-refractivity contribution in [2.24, 2.45) is 0 Å². The van der Waals surface area contributed by atoms with Gasteiger partial charge in [0.05, 0.1) is 0 Å². The summed E-state index contributed by atoms with van der Waals surface area (Å²) in [6, 6.07) is 10.7. The van der Waals surface area contributed by atoms with Crippen LogP contribution in [0.2, 0.25) is 0 Å². The molecule has 110 valence electrons. The number of ether oxygens (including phenoxy) is 1. The summed E-state index contributed by atoms with van der Waals surface area (Å²) in [7, 11) is 0. The van der Waals surface area contributed by atoms with Gasteiger partial charge in [-0.3, -0.25) is 4.79 Å². The number of thiophene rings is 1. The van der Waals surface area contributed by atoms with Crippen LogP contribution in [0.25, 0.3) is 0 Å². The number of carboxylic acids is 1. The van der Waals surface area contributed by atoms with Crippen LogP contribution in [0.4, 0.5) is 5.69 Å². The van der Waals surface area contributed by atoms with Gasteiger partial charge in [-0.05, 0) is 19.1 Å². The number of carbonyl (C=O) groups excluding carboxylic acids is 1. The fourth-order valence-electron chi connectivity index (χ4n) is 1.84. The lowest BCUT2D eigenvalue weighted by atomic mass is 10.3. The first-order chi connectivity index (χ1) is 10.1. The number of benzene rings is 1. The van der Waals surface area contributed by atoms with Crippen molar-refractivity contribution in [1.82, 2.24) is 0 Å². The lowest BCUT2D eigenvalue weighted by Gasteiger charge is -2.20. The number of rotatable bonds is 6. The van der Waals surface area contributed by atoms with Crippen LogP contribution in [0.1, 0.15) is 16.6 Å². The molecule has 0 fully saturated rings. The third kappa shape index (κ3) is 3.82. The number of carbonyl (C=O) groups is 2. The minimum Gasteiger partial charge on any atom is -0.483 e. The second kappa shape index (κ2) is 6.90. The first kappa shape index (κ1) is 15.1. The van der Waals surface area contributed by atoms with E-state index in [0.29, 0.717) is 12.3 Å². The van der Waals surface area contributed by atoms with E-state index in [1.54, 1.807) is 10.3 Å². The Hall–Kier alpha value is -2.34. The number of carboxylic acid groups (broad SMARTS) is 1. The van der Waals surface area contributed by atoms with Crippen molar-refractivity contribution in [3.05, 3.63) is 46.7 Å². The molecule has 1 heterocycles. The number of hydrogen-bond donors (Lipinski definition) is 1. The molecule has 0 saturated heterocycles. The van der Waals surface area contributed by atoms with Crippen molar-refractivity contribution in [3.8, 4) is 5.75 Å². The van der Waals surface area contributed by atoms with Crippen LogP contribution in [-0.4, -0.2) is 30.1 Å². The molecular weight excluding hydrogens is 290 g/mol. The zero-order chi connectivity index (χ0) is 15.2. The quantitative estimate of drug-likeness (QED) is 0.891. The van der Waals surface area contributed by atoms with Crippen LogP contribution in [0.3, 0.4) is 0 Å². The molecule has 1 aromatic carbocycles. The largest absolute Gasteiger partial charge is 0.483 e. The van der Waals surface area contributed by atoms with Crippen molar-refractivity contribution in [2.45, 2.75) is 6.92 Å². The Bertz CT molecular complexity index is 624. The molecular formula is C15H15NO4S. The SMILES string of the molecule is CCN(C(=O)COc1csc(C(=O)O)c1)c1ccccc1. The van der Waals surface area contributed by atoms with Gasteiger partial charge in [0.1, 0.15) is 10.6 Å². The van der Waals surface area contributed by atoms with Gasteiger partial charge in [-0.15, -0.1) is 11.3 Å². The smallest absolute Gasteiger partial charge is 0.346 e. The van der Waals surface area contributed by atoms with Gasteiger partial charge < -0.3 is 14.7 Å². The number of hydrogen-bond acceptors (Lipinski definition) is 4. The summed E-state index contributed by atoms with van der Waals surface area (Å²) in [6.45, 7) is 2.30. The molecule has 1 aromatic heterocycles. The van der Waals surface area contributed by atoms with Crippen LogP contribution in [0.5, 0.6) is 5.75 Å². The van der Waals surface area contributed by atoms with Gasteiger partial charge in [0.25, 0.3) is 5.91 Å². The van der Waals surface area contributed by atoms with Crippen LogP contribution in [0, 0.1) is 0 Å². The highest BCUT2D eigenvalue weighted by molar-refractivity contribution is 7.12. The normalized spacial score (nSPS) is 10.1. The fourth-order valence-corrected chi connectivity index (χ4v) is 2.50. The molecule has 0 radical (unpaired) electrons. The number of aromatic carboxylic acids is 1. The Morgan fingerprint density at radius 3 is 2.57 bits per heavy atom. The molecule has 1 N–H and O–H groups in total. The highest BCUT2D eigenvalue weighted by Gasteiger charge is 2.15. The average molecular weight is 305 g/mol. The van der Waals surface area contributed by atoms with Gasteiger partial charge in [0.2, 0.25) is 0 Å². The summed E-state index contributed by atoms with van der Waals surface area (Å²) in [6.07, 6.45) is 0. The van der Waals surface area contributed by atoms with Crippen LogP contribution in [-0.2, 0) is 4.79 Å². The van der Waals surface area contributed by atoms with Crippen molar-refractivity contribution in [3.63, 3.8) is 0 Å². The van der Waals surface area contributed by atoms with E-state index >= 15 is 0 Å². The Morgan fingerprint density at radius 2 is 2.00 bits per heavy atom. The van der Waals surface area contributed by atoms with Gasteiger partial charge in [-0.1, -0.05) is 18.2 Å². The lowest BCUT2D eigenvalue weighted by molar-refractivity contribution is -0.120. The van der Waals surface area contributed by atoms with Crippen molar-refractivity contribution < 1.29 is 19.4 Å². The standard InChI is InChI=1S/C15H15NO4S/c1-2-16(11-6-4-3-5-7-11)14(17)9-20-12-8-13(15(18)19)21-10-12/h3-8,10H,2,9H2,1H3,(H,18,19). The van der Waals surface area contributed by atoms with E-state index < -0.39 is 5.97 Å². The summed E-state index contributed by atoms with van der Waals surface area (Å²) in [5.74, 6) is -0.776. The first-order valence-electron chi connectivity index (χ1n) is 6.42. The summed E-state index contributed by atoms with van der Waals surface area (Å²) in [4.78, 5) is 24.8. The van der Waals surface area contributed by atoms with Crippen LogP contribution >= 0.6 is 11.3 Å². The van der Waals surface area contributed by atoms with E-state index in [0.717, 1.165) is 17.0 Å². The summed E-state index contributed by atoms with van der Waals surface area (Å²) in [5, 5.41) is 10.4. The zero-order valence-corrected chi connectivity index (χ0v) is 12.3. The third-order valence-corrected chi connectivity index (χ3v) is 3.73. The summed E-state index contributed by atoms with van der Waals surface area (Å²) < 4.78 is 5.36. The average Bonchev–Trinajstić information content (AvgIpc) is 2.96. The van der Waals surface area contributed by atoms with E-state index in [1.807, 2.05) is 37.3 Å². The molecule has 1 amide bonds. The maximum Gasteiger partial charge on any atom is 0.346 e. The molecule has 0 unspecified atom stereocenters. The summed E-state index contributed by atoms with van der Waals surface area (Å²) in [5.41, 5.74) is 0.810. The predicted molar refractivity (Wildman–Crippen MR) is 81.2 cm³/mol. The molecule has 5 nitrogen and oxygen atoms in total. The Labute approximate surface area is 126 Å². The Morgan fingerprint density at radius 1 is 1.29 bits per heavy atom. The highest BCUT2D eigenvalue weighted by atomic mass is 32.1. The van der Waals surface area contributed by atoms with Crippen molar-refractivity contribution in [1.29, 1.82) is 0 Å². The minimum absolute atomic E-state index is 0.126. The lowest BCUT2D eigenvalue weighted by Crippen LogP contribution is -2.34. The second-order valence-corrected chi connectivity index (χ2v) is 5.13. The maximum absolute atomic E-state index is 12.2. The van der Waals surface area contributed by atoms with Gasteiger partial charge in [-0.25, -0.2) is 4.79 Å². The number of para-hydroxylation sites is 1. The first-order valence-corrected chi connectivity index (χ1v) is 7.29. The van der Waals surface area contributed by atoms with E-state index in [1.165, 1.54) is 6.07 Å². The number of amides is 1. The molecule has 6 heteroatoms. The molecule has 0 atom stereocenters. The second-order valence-electron chi connectivity index (χ2n) is 4.21. The minimum atomic E-state index is -0.999. The molecule has 0 saturated carbocycles. The van der Waals surface area contributed by atoms with Crippen molar-refractivity contribution in [2.75, 3.05) is 18.1 Å². The number of anilines is 1. The predicted octanol–water partition coefficient (Wildman–Crippen LogP) is 2.88. The molecule has 0 aliphatic carbocycles. The molecule has 2 aromatic rings. The monoisotopic (exact) mass is 305 g/mol. The molecule has 21 heavy (non-hydrogen) atoms. The van der Waals surface area contributed by atoms with Gasteiger partial charge in [-0.2, -0.15) is 0 Å². The fraction of sp³-hybridized carbons (Fsp3) is 0.200. The Balaban J connectivity index is 1.98. The van der Waals surface area contributed by atoms with E-state index in [4.69, 9.17) is 9.84 Å². The van der Waals surface area contributed by atoms with Crippen molar-refractivity contribution >= 4 is 28.9 Å². The number of likely N-dealkylation sites (N-methyl/N-ethyl adjacent to an activating group) is 1. The van der Waals surface area contributed by atoms with Gasteiger partial charge >= 0.3 is 5.97 Å². The zero-order valence-electron chi connectivity index (χ0n) is 11.5. The molecule has 0 aliphatic heterocycles. The third-order valence-electron chi connectivity index (χ3n) is 2.83. The molecule has 0 aliphatic rings.